The number of esters is 1. The Balaban J connectivity index is 1.73. The van der Waals surface area contributed by atoms with E-state index >= 15 is 0 Å². The zero-order valence-electron chi connectivity index (χ0n) is 28.9. The molecule has 1 aromatic rings. The van der Waals surface area contributed by atoms with Gasteiger partial charge in [-0.25, -0.2) is 4.79 Å². The minimum absolute atomic E-state index is 0.00765. The van der Waals surface area contributed by atoms with E-state index in [-0.39, 0.29) is 55.8 Å². The van der Waals surface area contributed by atoms with Crippen molar-refractivity contribution in [3.05, 3.63) is 42.0 Å². The number of carbonyl (C=O) groups is 7. The van der Waals surface area contributed by atoms with Crippen LogP contribution in [0.15, 0.2) is 36.4 Å². The van der Waals surface area contributed by atoms with Gasteiger partial charge in [-0.05, 0) is 64.2 Å². The van der Waals surface area contributed by atoms with Crippen molar-refractivity contribution >= 4 is 47.3 Å². The van der Waals surface area contributed by atoms with Gasteiger partial charge in [-0.3, -0.25) is 33.7 Å². The second-order valence-electron chi connectivity index (χ2n) is 13.0. The van der Waals surface area contributed by atoms with Gasteiger partial charge in [0.05, 0.1) is 12.0 Å². The summed E-state index contributed by atoms with van der Waals surface area (Å²) in [5.74, 6) is -2.53. The zero-order valence-corrected chi connectivity index (χ0v) is 28.9. The number of hydrogen-bond acceptors (Lipinski definition) is 9. The molecule has 0 saturated carbocycles. The SMILES string of the molecule is CC(C)[C@H](NC(=O)CCCCCN1C(=O)C=CC1=O)C(=O)N[C@@H](C)C(=O)Nc1ccc(COC(=O)N(C)CCOC(=O)C(C)(C)C)cc1. The van der Waals surface area contributed by atoms with Crippen LogP contribution >= 0.6 is 0 Å². The largest absolute Gasteiger partial charge is 0.463 e. The van der Waals surface area contributed by atoms with Gasteiger partial charge in [-0.2, -0.15) is 0 Å². The number of rotatable bonds is 17. The van der Waals surface area contributed by atoms with Gasteiger partial charge in [0.2, 0.25) is 17.7 Å². The summed E-state index contributed by atoms with van der Waals surface area (Å²) in [4.78, 5) is 88.1. The highest BCUT2D eigenvalue weighted by atomic mass is 16.6. The lowest BCUT2D eigenvalue weighted by atomic mass is 9.97. The molecule has 0 aliphatic carbocycles. The van der Waals surface area contributed by atoms with Gasteiger partial charge in [0.1, 0.15) is 25.3 Å². The summed E-state index contributed by atoms with van der Waals surface area (Å²) in [6.07, 6.45) is 3.78. The topological polar surface area (TPSA) is 181 Å². The Morgan fingerprint density at radius 2 is 1.48 bits per heavy atom. The first-order chi connectivity index (χ1) is 22.5. The van der Waals surface area contributed by atoms with Gasteiger partial charge < -0.3 is 30.3 Å². The number of imide groups is 1. The Morgan fingerprint density at radius 1 is 0.854 bits per heavy atom. The third kappa shape index (κ3) is 13.2. The standard InChI is InChI=1S/C34H49N5O9/c1-22(2)29(37-26(40)11-9-8-10-18-39-27(41)16-17-28(39)42)31(44)35-23(3)30(43)36-25-14-12-24(13-15-25)21-48-33(46)38(7)19-20-47-32(45)34(4,5)6/h12-17,22-23,29H,8-11,18-21H2,1-7H3,(H,35,44)(H,36,43)(H,37,40)/t23-,29-/m0/s1. The molecule has 0 aromatic heterocycles. The van der Waals surface area contributed by atoms with Crippen molar-refractivity contribution in [1.82, 2.24) is 20.4 Å². The fraction of sp³-hybridized carbons (Fsp3) is 0.559. The van der Waals surface area contributed by atoms with Crippen molar-refractivity contribution in [1.29, 1.82) is 0 Å². The van der Waals surface area contributed by atoms with E-state index in [2.05, 4.69) is 16.0 Å². The van der Waals surface area contributed by atoms with Crippen LogP contribution in [0.25, 0.3) is 0 Å². The summed E-state index contributed by atoms with van der Waals surface area (Å²) in [5, 5.41) is 8.12. The number of benzene rings is 1. The molecule has 1 aliphatic rings. The second kappa shape index (κ2) is 18.6. The molecule has 264 valence electrons. The molecule has 6 amide bonds. The predicted octanol–water partition coefficient (Wildman–Crippen LogP) is 2.91. The fourth-order valence-corrected chi connectivity index (χ4v) is 4.31. The van der Waals surface area contributed by atoms with Crippen LogP contribution in [0.2, 0.25) is 0 Å². The number of hydrogen-bond donors (Lipinski definition) is 3. The van der Waals surface area contributed by atoms with Gasteiger partial charge in [0.15, 0.2) is 0 Å². The molecule has 2 atom stereocenters. The van der Waals surface area contributed by atoms with E-state index in [0.29, 0.717) is 37.1 Å². The maximum absolute atomic E-state index is 13.0. The molecule has 0 unspecified atom stereocenters. The van der Waals surface area contributed by atoms with Crippen LogP contribution in [0.1, 0.15) is 72.8 Å². The normalized spacial score (nSPS) is 14.0. The maximum atomic E-state index is 13.0. The Hall–Kier alpha value is -4.75. The van der Waals surface area contributed by atoms with E-state index in [1.165, 1.54) is 31.0 Å². The monoisotopic (exact) mass is 671 g/mol. The molecule has 48 heavy (non-hydrogen) atoms. The van der Waals surface area contributed by atoms with Gasteiger partial charge in [0.25, 0.3) is 11.8 Å². The highest BCUT2D eigenvalue weighted by molar-refractivity contribution is 6.12. The number of likely N-dealkylation sites (N-methyl/N-ethyl adjacent to an activating group) is 1. The number of amides is 6. The van der Waals surface area contributed by atoms with Gasteiger partial charge in [-0.1, -0.05) is 32.4 Å². The van der Waals surface area contributed by atoms with Crippen LogP contribution in [-0.2, 0) is 44.8 Å². The molecule has 14 heteroatoms. The summed E-state index contributed by atoms with van der Waals surface area (Å²) in [5.41, 5.74) is 0.522. The quantitative estimate of drug-likeness (QED) is 0.128. The minimum atomic E-state index is -0.903. The molecule has 1 heterocycles. The number of carbonyl (C=O) groups excluding carboxylic acids is 7. The van der Waals surface area contributed by atoms with Crippen LogP contribution in [0.3, 0.4) is 0 Å². The van der Waals surface area contributed by atoms with Crippen molar-refractivity contribution in [2.24, 2.45) is 11.3 Å². The Morgan fingerprint density at radius 3 is 2.06 bits per heavy atom. The third-order valence-corrected chi connectivity index (χ3v) is 7.37. The van der Waals surface area contributed by atoms with Gasteiger partial charge in [0, 0.05) is 37.9 Å². The lowest BCUT2D eigenvalue weighted by Gasteiger charge is -2.24. The average molecular weight is 672 g/mol. The van der Waals surface area contributed by atoms with E-state index in [0.717, 1.165) is 4.90 Å². The molecule has 0 saturated heterocycles. The predicted molar refractivity (Wildman–Crippen MR) is 177 cm³/mol. The maximum Gasteiger partial charge on any atom is 0.409 e. The van der Waals surface area contributed by atoms with E-state index in [1.807, 2.05) is 0 Å². The number of anilines is 1. The van der Waals surface area contributed by atoms with Gasteiger partial charge >= 0.3 is 12.1 Å². The molecule has 0 spiro atoms. The molecule has 2 rings (SSSR count). The summed E-state index contributed by atoms with van der Waals surface area (Å²) in [6.45, 7) is 10.9. The van der Waals surface area contributed by atoms with E-state index in [9.17, 15) is 33.6 Å². The second-order valence-corrected chi connectivity index (χ2v) is 13.0. The first-order valence-corrected chi connectivity index (χ1v) is 16.1. The molecule has 0 bridgehead atoms. The first kappa shape index (κ1) is 39.4. The van der Waals surface area contributed by atoms with Crippen molar-refractivity contribution in [2.45, 2.75) is 85.9 Å². The molecule has 1 aromatic carbocycles. The molecule has 3 N–H and O–H groups in total. The molecule has 0 fully saturated rings. The van der Waals surface area contributed by atoms with Crippen LogP contribution in [0.4, 0.5) is 10.5 Å². The lowest BCUT2D eigenvalue weighted by Crippen LogP contribution is -2.53. The fourth-order valence-electron chi connectivity index (χ4n) is 4.31. The van der Waals surface area contributed by atoms with Gasteiger partial charge in [-0.15, -0.1) is 0 Å². The third-order valence-electron chi connectivity index (χ3n) is 7.37. The Labute approximate surface area is 281 Å². The van der Waals surface area contributed by atoms with Crippen molar-refractivity contribution < 1.29 is 43.0 Å². The summed E-state index contributed by atoms with van der Waals surface area (Å²) >= 11 is 0. The molecular formula is C34H49N5O9. The van der Waals surface area contributed by atoms with E-state index in [4.69, 9.17) is 9.47 Å². The highest BCUT2D eigenvalue weighted by Gasteiger charge is 2.27. The number of nitrogens with zero attached hydrogens (tertiary/aromatic N) is 2. The zero-order chi connectivity index (χ0) is 36.0. The molecule has 14 nitrogen and oxygen atoms in total. The van der Waals surface area contributed by atoms with Crippen LogP contribution in [0, 0.1) is 11.3 Å². The van der Waals surface area contributed by atoms with Crippen molar-refractivity contribution in [3.8, 4) is 0 Å². The number of unbranched alkanes of at least 4 members (excludes halogenated alkanes) is 2. The minimum Gasteiger partial charge on any atom is -0.463 e. The first-order valence-electron chi connectivity index (χ1n) is 16.1. The average Bonchev–Trinajstić information content (AvgIpc) is 3.34. The molecule has 1 aliphatic heterocycles. The van der Waals surface area contributed by atoms with E-state index < -0.39 is 35.4 Å². The summed E-state index contributed by atoms with van der Waals surface area (Å²) < 4.78 is 10.5. The number of ether oxygens (including phenoxy) is 2. The molecular weight excluding hydrogens is 622 g/mol. The van der Waals surface area contributed by atoms with E-state index in [1.54, 1.807) is 58.9 Å². The van der Waals surface area contributed by atoms with Crippen LogP contribution in [0.5, 0.6) is 0 Å². The lowest BCUT2D eigenvalue weighted by molar-refractivity contribution is -0.153. The Kier molecular flexibility index (Phi) is 15.2. The highest BCUT2D eigenvalue weighted by Crippen LogP contribution is 2.15. The number of nitrogens with one attached hydrogen (secondary N) is 3. The van der Waals surface area contributed by atoms with Crippen molar-refractivity contribution in [2.75, 3.05) is 32.1 Å². The van der Waals surface area contributed by atoms with Crippen LogP contribution in [-0.4, -0.2) is 90.2 Å². The summed E-state index contributed by atoms with van der Waals surface area (Å²) in [7, 11) is 1.54. The van der Waals surface area contributed by atoms with Crippen molar-refractivity contribution in [3.63, 3.8) is 0 Å². The Bertz CT molecular complexity index is 1330. The smallest absolute Gasteiger partial charge is 0.409 e. The van der Waals surface area contributed by atoms with Crippen LogP contribution < -0.4 is 16.0 Å². The molecule has 0 radical (unpaired) electrons. The summed E-state index contributed by atoms with van der Waals surface area (Å²) in [6, 6.07) is 4.90.